The molecule has 0 saturated carbocycles. The van der Waals surface area contributed by atoms with Gasteiger partial charge in [0.25, 0.3) is 6.01 Å². The standard InChI is InChI=1S/C27H41N5O2.2H2/c1-19(2)10-11-21(16-20-17-28-23-9-7-6-8-22(20)23)30-25(33)24-18-29-26(34-24)31-12-14-32(15-13-31)27(3,4)5;;/h6-9,17-19,21,25,28,30,33H,10-16H2,1-5H3;2*1H. The van der Waals surface area contributed by atoms with Crippen LogP contribution in [0.4, 0.5) is 6.01 Å². The smallest absolute Gasteiger partial charge is 0.297 e. The van der Waals surface area contributed by atoms with E-state index in [0.29, 0.717) is 17.7 Å². The third-order valence-corrected chi connectivity index (χ3v) is 6.91. The van der Waals surface area contributed by atoms with Crippen LogP contribution in [0.3, 0.4) is 0 Å². The van der Waals surface area contributed by atoms with Gasteiger partial charge in [-0.15, -0.1) is 0 Å². The summed E-state index contributed by atoms with van der Waals surface area (Å²) in [6, 6.07) is 9.09. The molecule has 0 bridgehead atoms. The van der Waals surface area contributed by atoms with Crippen LogP contribution in [0.1, 0.15) is 67.9 Å². The molecule has 2 aromatic heterocycles. The van der Waals surface area contributed by atoms with Gasteiger partial charge in [0.1, 0.15) is 0 Å². The second-order valence-corrected chi connectivity index (χ2v) is 11.0. The van der Waals surface area contributed by atoms with Gasteiger partial charge in [0.2, 0.25) is 0 Å². The first-order chi connectivity index (χ1) is 16.2. The quantitative estimate of drug-likeness (QED) is 0.372. The van der Waals surface area contributed by atoms with E-state index in [1.807, 2.05) is 6.07 Å². The zero-order chi connectivity index (χ0) is 24.3. The Balaban J connectivity index is 0.00000228. The number of rotatable bonds is 9. The molecule has 0 amide bonds. The van der Waals surface area contributed by atoms with Gasteiger partial charge in [0.15, 0.2) is 12.0 Å². The fraction of sp³-hybridized carbons (Fsp3) is 0.593. The molecule has 34 heavy (non-hydrogen) atoms. The Hall–Kier alpha value is -2.35. The van der Waals surface area contributed by atoms with Gasteiger partial charge < -0.3 is 19.4 Å². The topological polar surface area (TPSA) is 80.6 Å². The second-order valence-electron chi connectivity index (χ2n) is 11.0. The molecule has 3 heterocycles. The number of H-pyrrole nitrogens is 1. The van der Waals surface area contributed by atoms with Crippen LogP contribution in [0, 0.1) is 5.92 Å². The van der Waals surface area contributed by atoms with Gasteiger partial charge in [0.05, 0.1) is 6.20 Å². The lowest BCUT2D eigenvalue weighted by Crippen LogP contribution is -2.53. The number of aromatic nitrogens is 2. The average molecular weight is 472 g/mol. The highest BCUT2D eigenvalue weighted by molar-refractivity contribution is 5.83. The lowest BCUT2D eigenvalue weighted by Gasteiger charge is -2.41. The molecule has 1 aromatic carbocycles. The number of fused-ring (bicyclic) bond motifs is 1. The molecule has 3 N–H and O–H groups in total. The van der Waals surface area contributed by atoms with E-state index < -0.39 is 6.23 Å². The number of piperazine rings is 1. The minimum atomic E-state index is -0.889. The normalized spacial score (nSPS) is 17.6. The lowest BCUT2D eigenvalue weighted by molar-refractivity contribution is 0.0960. The van der Waals surface area contributed by atoms with E-state index in [9.17, 15) is 5.11 Å². The van der Waals surface area contributed by atoms with Crippen molar-refractivity contribution in [3.05, 3.63) is 48.0 Å². The molecule has 1 fully saturated rings. The predicted octanol–water partition coefficient (Wildman–Crippen LogP) is 5.20. The molecule has 1 aliphatic rings. The zero-order valence-electron chi connectivity index (χ0n) is 21.3. The molecule has 190 valence electrons. The van der Waals surface area contributed by atoms with E-state index in [2.05, 4.69) is 84.1 Å². The Bertz CT molecular complexity index is 1050. The van der Waals surface area contributed by atoms with Crippen LogP contribution in [0.15, 0.2) is 41.1 Å². The minimum absolute atomic E-state index is 0. The Morgan fingerprint density at radius 1 is 1.15 bits per heavy atom. The highest BCUT2D eigenvalue weighted by atomic mass is 16.4. The molecule has 2 unspecified atom stereocenters. The van der Waals surface area contributed by atoms with Crippen molar-refractivity contribution in [1.82, 2.24) is 20.2 Å². The van der Waals surface area contributed by atoms with Gasteiger partial charge in [-0.2, -0.15) is 0 Å². The van der Waals surface area contributed by atoms with Crippen molar-refractivity contribution in [2.75, 3.05) is 31.1 Å². The molecule has 4 rings (SSSR count). The van der Waals surface area contributed by atoms with E-state index in [1.54, 1.807) is 6.20 Å². The number of oxazole rings is 1. The molecular formula is C27H45N5O2. The maximum atomic E-state index is 11.0. The highest BCUT2D eigenvalue weighted by Crippen LogP contribution is 2.25. The number of aromatic amines is 1. The van der Waals surface area contributed by atoms with Gasteiger partial charge >= 0.3 is 0 Å². The fourth-order valence-electron chi connectivity index (χ4n) is 4.77. The number of anilines is 1. The van der Waals surface area contributed by atoms with Crippen LogP contribution in [0.2, 0.25) is 0 Å². The summed E-state index contributed by atoms with van der Waals surface area (Å²) in [5.74, 6) is 1.08. The van der Waals surface area contributed by atoms with E-state index in [-0.39, 0.29) is 14.4 Å². The van der Waals surface area contributed by atoms with Gasteiger partial charge in [0, 0.05) is 57.7 Å². The maximum Gasteiger partial charge on any atom is 0.297 e. The summed E-state index contributed by atoms with van der Waals surface area (Å²) >= 11 is 0. The van der Waals surface area contributed by atoms with E-state index in [4.69, 9.17) is 4.42 Å². The van der Waals surface area contributed by atoms with Crippen LogP contribution in [0.25, 0.3) is 10.9 Å². The Labute approximate surface area is 206 Å². The van der Waals surface area contributed by atoms with Gasteiger partial charge in [-0.25, -0.2) is 4.98 Å². The van der Waals surface area contributed by atoms with Crippen LogP contribution in [-0.2, 0) is 6.42 Å². The third kappa shape index (κ3) is 6.01. The van der Waals surface area contributed by atoms with Crippen molar-refractivity contribution >= 4 is 16.9 Å². The number of benzene rings is 1. The van der Waals surface area contributed by atoms with Crippen LogP contribution < -0.4 is 10.2 Å². The van der Waals surface area contributed by atoms with E-state index >= 15 is 0 Å². The van der Waals surface area contributed by atoms with Gasteiger partial charge in [-0.1, -0.05) is 32.0 Å². The molecule has 1 aliphatic heterocycles. The monoisotopic (exact) mass is 471 g/mol. The molecule has 7 heteroatoms. The summed E-state index contributed by atoms with van der Waals surface area (Å²) in [5.41, 5.74) is 2.58. The molecule has 0 spiro atoms. The Morgan fingerprint density at radius 3 is 2.59 bits per heavy atom. The van der Waals surface area contributed by atoms with Crippen molar-refractivity contribution in [3.8, 4) is 0 Å². The van der Waals surface area contributed by atoms with Gasteiger partial charge in [-0.3, -0.25) is 10.2 Å². The zero-order valence-corrected chi connectivity index (χ0v) is 21.3. The number of aliphatic hydroxyl groups is 1. The van der Waals surface area contributed by atoms with Crippen LogP contribution >= 0.6 is 0 Å². The van der Waals surface area contributed by atoms with Crippen molar-refractivity contribution in [2.45, 2.75) is 71.7 Å². The highest BCUT2D eigenvalue weighted by Gasteiger charge is 2.28. The van der Waals surface area contributed by atoms with Gasteiger partial charge in [-0.05, 0) is 57.6 Å². The minimum Gasteiger partial charge on any atom is -0.424 e. The summed E-state index contributed by atoms with van der Waals surface area (Å²) in [5, 5.41) is 15.6. The fourth-order valence-corrected chi connectivity index (χ4v) is 4.77. The van der Waals surface area contributed by atoms with Crippen LogP contribution in [-0.4, -0.2) is 57.7 Å². The third-order valence-electron chi connectivity index (χ3n) is 6.91. The molecule has 0 aliphatic carbocycles. The van der Waals surface area contributed by atoms with Crippen LogP contribution in [0.5, 0.6) is 0 Å². The summed E-state index contributed by atoms with van der Waals surface area (Å²) in [7, 11) is 0. The molecule has 3 aromatic rings. The number of para-hydroxylation sites is 1. The van der Waals surface area contributed by atoms with E-state index in [0.717, 1.165) is 51.0 Å². The van der Waals surface area contributed by atoms with E-state index in [1.165, 1.54) is 10.9 Å². The first kappa shape index (κ1) is 24.8. The molecule has 2 atom stereocenters. The first-order valence-corrected chi connectivity index (χ1v) is 12.7. The summed E-state index contributed by atoms with van der Waals surface area (Å²) < 4.78 is 6.02. The predicted molar refractivity (Wildman–Crippen MR) is 142 cm³/mol. The largest absolute Gasteiger partial charge is 0.424 e. The number of nitrogens with zero attached hydrogens (tertiary/aromatic N) is 3. The summed E-state index contributed by atoms with van der Waals surface area (Å²) in [4.78, 5) is 12.5. The second kappa shape index (κ2) is 10.5. The first-order valence-electron chi connectivity index (χ1n) is 12.7. The van der Waals surface area contributed by atoms with Crippen molar-refractivity contribution in [1.29, 1.82) is 0 Å². The average Bonchev–Trinajstić information content (AvgIpc) is 3.45. The number of aliphatic hydroxyl groups excluding tert-OH is 1. The summed E-state index contributed by atoms with van der Waals surface area (Å²) in [6.45, 7) is 14.9. The Morgan fingerprint density at radius 2 is 1.88 bits per heavy atom. The van der Waals surface area contributed by atoms with Crippen molar-refractivity contribution < 1.29 is 12.4 Å². The number of hydrogen-bond donors (Lipinski definition) is 3. The molecule has 1 saturated heterocycles. The SMILES string of the molecule is CC(C)CCC(Cc1c[nH]c2ccccc12)NC(O)c1cnc(N2CCN(C(C)(C)C)CC2)o1.[HH].[HH]. The summed E-state index contributed by atoms with van der Waals surface area (Å²) in [6.07, 6.45) is 5.76. The number of nitrogens with one attached hydrogen (secondary N) is 2. The maximum absolute atomic E-state index is 11.0. The Kier molecular flexibility index (Phi) is 7.65. The molecule has 7 nitrogen and oxygen atoms in total. The number of hydrogen-bond acceptors (Lipinski definition) is 6. The molecule has 0 radical (unpaired) electrons. The van der Waals surface area contributed by atoms with Crippen molar-refractivity contribution in [3.63, 3.8) is 0 Å². The van der Waals surface area contributed by atoms with Crippen molar-refractivity contribution in [2.24, 2.45) is 5.92 Å². The lowest BCUT2D eigenvalue weighted by atomic mass is 9.97. The molecular weight excluding hydrogens is 426 g/mol.